The van der Waals surface area contributed by atoms with Gasteiger partial charge in [-0.15, -0.1) is 11.3 Å². The van der Waals surface area contributed by atoms with Crippen molar-refractivity contribution in [1.29, 1.82) is 0 Å². The lowest BCUT2D eigenvalue weighted by atomic mass is 10.0. The van der Waals surface area contributed by atoms with Crippen LogP contribution in [0, 0.1) is 6.92 Å². The van der Waals surface area contributed by atoms with Crippen molar-refractivity contribution in [3.63, 3.8) is 0 Å². The molecule has 5 nitrogen and oxygen atoms in total. The van der Waals surface area contributed by atoms with Crippen LogP contribution in [0.4, 0.5) is 0 Å². The summed E-state index contributed by atoms with van der Waals surface area (Å²) in [6.07, 6.45) is 0.560. The van der Waals surface area contributed by atoms with Crippen LogP contribution in [0.2, 0.25) is 0 Å². The van der Waals surface area contributed by atoms with Crippen LogP contribution >= 0.6 is 11.3 Å². The number of fused-ring (bicyclic) bond motifs is 1. The number of carbonyl (C=O) groups is 1. The van der Waals surface area contributed by atoms with Crippen molar-refractivity contribution in [3.8, 4) is 10.6 Å². The van der Waals surface area contributed by atoms with Gasteiger partial charge in [-0.2, -0.15) is 0 Å². The number of carbonyl (C=O) groups excluding carboxylic acids is 1. The Kier molecular flexibility index (Phi) is 5.03. The van der Waals surface area contributed by atoms with E-state index in [1.165, 1.54) is 16.9 Å². The Labute approximate surface area is 168 Å². The van der Waals surface area contributed by atoms with Crippen molar-refractivity contribution in [1.82, 2.24) is 10.3 Å². The molecule has 0 saturated heterocycles. The molecule has 1 aliphatic rings. The van der Waals surface area contributed by atoms with Crippen LogP contribution in [0.5, 0.6) is 0 Å². The Bertz CT molecular complexity index is 1120. The monoisotopic (exact) mass is 412 g/mol. The summed E-state index contributed by atoms with van der Waals surface area (Å²) in [7, 11) is -3.26. The fraction of sp³-hybridized carbons (Fsp3) is 0.238. The van der Waals surface area contributed by atoms with Gasteiger partial charge >= 0.3 is 0 Å². The fourth-order valence-electron chi connectivity index (χ4n) is 3.37. The number of hydrogen-bond donors (Lipinski definition) is 1. The average Bonchev–Trinajstić information content (AvgIpc) is 3.13. The Morgan fingerprint density at radius 1 is 1.18 bits per heavy atom. The van der Waals surface area contributed by atoms with Gasteiger partial charge < -0.3 is 5.32 Å². The summed E-state index contributed by atoms with van der Waals surface area (Å²) >= 11 is 1.51. The van der Waals surface area contributed by atoms with Crippen molar-refractivity contribution in [2.24, 2.45) is 0 Å². The Balaban J connectivity index is 1.46. The van der Waals surface area contributed by atoms with Gasteiger partial charge in [0.2, 0.25) is 5.91 Å². The van der Waals surface area contributed by atoms with E-state index in [0.717, 1.165) is 16.3 Å². The number of thiazole rings is 1. The topological polar surface area (TPSA) is 76.1 Å². The van der Waals surface area contributed by atoms with Crippen LogP contribution in [0.3, 0.4) is 0 Å². The van der Waals surface area contributed by atoms with Crippen LogP contribution < -0.4 is 5.32 Å². The molecule has 0 aliphatic carbocycles. The molecule has 1 unspecified atom stereocenters. The minimum Gasteiger partial charge on any atom is -0.349 e. The van der Waals surface area contributed by atoms with Crippen LogP contribution in [-0.4, -0.2) is 25.1 Å². The minimum atomic E-state index is -3.26. The summed E-state index contributed by atoms with van der Waals surface area (Å²) in [6, 6.07) is 14.7. The lowest BCUT2D eigenvalue weighted by molar-refractivity contribution is -0.121. The zero-order chi connectivity index (χ0) is 19.7. The summed E-state index contributed by atoms with van der Waals surface area (Å²) in [6.45, 7) is 2.04. The molecule has 0 radical (unpaired) electrons. The maximum atomic E-state index is 12.5. The SMILES string of the molecule is Cc1ccc(-c2nc(CC(=O)NC3CCS(=O)(=O)c4ccccc43)cs2)cc1. The molecule has 28 heavy (non-hydrogen) atoms. The quantitative estimate of drug-likeness (QED) is 0.709. The highest BCUT2D eigenvalue weighted by molar-refractivity contribution is 7.91. The van der Waals surface area contributed by atoms with Crippen LogP contribution in [0.25, 0.3) is 10.6 Å². The molecule has 7 heteroatoms. The summed E-state index contributed by atoms with van der Waals surface area (Å²) < 4.78 is 24.5. The molecule has 1 aliphatic heterocycles. The summed E-state index contributed by atoms with van der Waals surface area (Å²) in [5.74, 6) is -0.108. The standard InChI is InChI=1S/C21H20N2O3S2/c1-14-6-8-15(9-7-14)21-22-16(13-27-21)12-20(24)23-18-10-11-28(25,26)19-5-3-2-4-17(18)19/h2-9,13,18H,10-12H2,1H3,(H,23,24). The molecule has 2 aromatic carbocycles. The molecule has 4 rings (SSSR count). The van der Waals surface area contributed by atoms with Crippen LogP contribution in [-0.2, 0) is 21.1 Å². The highest BCUT2D eigenvalue weighted by Gasteiger charge is 2.30. The predicted molar refractivity (Wildman–Crippen MR) is 110 cm³/mol. The highest BCUT2D eigenvalue weighted by atomic mass is 32.2. The first-order valence-electron chi connectivity index (χ1n) is 9.05. The molecule has 2 heterocycles. The van der Waals surface area contributed by atoms with E-state index in [1.54, 1.807) is 24.3 Å². The van der Waals surface area contributed by atoms with Crippen molar-refractivity contribution < 1.29 is 13.2 Å². The van der Waals surface area contributed by atoms with Gasteiger partial charge in [-0.1, -0.05) is 48.0 Å². The first-order valence-corrected chi connectivity index (χ1v) is 11.6. The first kappa shape index (κ1) is 18.8. The average molecular weight is 413 g/mol. The maximum Gasteiger partial charge on any atom is 0.226 e. The molecular weight excluding hydrogens is 392 g/mol. The number of hydrogen-bond acceptors (Lipinski definition) is 5. The second kappa shape index (κ2) is 7.48. The molecule has 144 valence electrons. The highest BCUT2D eigenvalue weighted by Crippen LogP contribution is 2.32. The van der Waals surface area contributed by atoms with E-state index in [9.17, 15) is 13.2 Å². The third-order valence-corrected chi connectivity index (χ3v) is 7.59. The van der Waals surface area contributed by atoms with Crippen molar-refractivity contribution in [2.75, 3.05) is 5.75 Å². The van der Waals surface area contributed by atoms with Crippen molar-refractivity contribution in [2.45, 2.75) is 30.7 Å². The Morgan fingerprint density at radius 3 is 2.71 bits per heavy atom. The smallest absolute Gasteiger partial charge is 0.226 e. The lowest BCUT2D eigenvalue weighted by Gasteiger charge is -2.26. The molecule has 0 bridgehead atoms. The predicted octanol–water partition coefficient (Wildman–Crippen LogP) is 3.70. The van der Waals surface area contributed by atoms with Crippen molar-refractivity contribution in [3.05, 3.63) is 70.7 Å². The van der Waals surface area contributed by atoms with Gasteiger partial charge in [0.1, 0.15) is 5.01 Å². The molecule has 1 aromatic heterocycles. The van der Waals surface area contributed by atoms with Gasteiger partial charge in [-0.25, -0.2) is 13.4 Å². The number of nitrogens with zero attached hydrogens (tertiary/aromatic N) is 1. The summed E-state index contributed by atoms with van der Waals surface area (Å²) in [5.41, 5.74) is 3.61. The minimum absolute atomic E-state index is 0.0449. The molecule has 0 saturated carbocycles. The fourth-order valence-corrected chi connectivity index (χ4v) is 5.81. The van der Waals surface area contributed by atoms with Crippen LogP contribution in [0.1, 0.15) is 29.3 Å². The number of aromatic nitrogens is 1. The van der Waals surface area contributed by atoms with Gasteiger partial charge in [0.25, 0.3) is 0 Å². The van der Waals surface area contributed by atoms with Gasteiger partial charge in [0.15, 0.2) is 9.84 Å². The number of sulfone groups is 1. The van der Waals surface area contributed by atoms with Crippen LogP contribution in [0.15, 0.2) is 58.8 Å². The second-order valence-corrected chi connectivity index (χ2v) is 9.89. The largest absolute Gasteiger partial charge is 0.349 e. The maximum absolute atomic E-state index is 12.5. The van der Waals surface area contributed by atoms with E-state index < -0.39 is 9.84 Å². The molecule has 0 fully saturated rings. The molecule has 0 spiro atoms. The molecule has 1 amide bonds. The lowest BCUT2D eigenvalue weighted by Crippen LogP contribution is -2.34. The number of amides is 1. The second-order valence-electron chi connectivity index (χ2n) is 6.95. The third-order valence-electron chi connectivity index (χ3n) is 4.83. The van der Waals surface area contributed by atoms with Gasteiger partial charge in [-0.3, -0.25) is 4.79 Å². The van der Waals surface area contributed by atoms with Crippen molar-refractivity contribution >= 4 is 27.1 Å². The molecule has 1 atom stereocenters. The number of aryl methyl sites for hydroxylation is 1. The van der Waals surface area contributed by atoms with E-state index in [4.69, 9.17) is 0 Å². The third kappa shape index (κ3) is 3.86. The summed E-state index contributed by atoms with van der Waals surface area (Å²) in [4.78, 5) is 17.4. The molecular formula is C21H20N2O3S2. The van der Waals surface area contributed by atoms with E-state index in [-0.39, 0.29) is 24.1 Å². The number of nitrogens with one attached hydrogen (secondary N) is 1. The van der Waals surface area contributed by atoms with E-state index in [2.05, 4.69) is 10.3 Å². The van der Waals surface area contributed by atoms with E-state index in [0.29, 0.717) is 16.9 Å². The van der Waals surface area contributed by atoms with E-state index >= 15 is 0 Å². The normalized spacial score (nSPS) is 17.7. The summed E-state index contributed by atoms with van der Waals surface area (Å²) in [5, 5.41) is 5.76. The molecule has 3 aromatic rings. The zero-order valence-electron chi connectivity index (χ0n) is 15.4. The number of rotatable bonds is 4. The van der Waals surface area contributed by atoms with Gasteiger partial charge in [-0.05, 0) is 25.0 Å². The Morgan fingerprint density at radius 2 is 1.93 bits per heavy atom. The molecule has 1 N–H and O–H groups in total. The Hall–Kier alpha value is -2.51. The first-order chi connectivity index (χ1) is 13.4. The zero-order valence-corrected chi connectivity index (χ0v) is 17.0. The van der Waals surface area contributed by atoms with Gasteiger partial charge in [0, 0.05) is 10.9 Å². The van der Waals surface area contributed by atoms with Gasteiger partial charge in [0.05, 0.1) is 28.8 Å². The van der Waals surface area contributed by atoms with E-state index in [1.807, 2.05) is 36.6 Å². The number of benzene rings is 2.